The van der Waals surface area contributed by atoms with Crippen molar-refractivity contribution in [3.63, 3.8) is 0 Å². The van der Waals surface area contributed by atoms with Crippen molar-refractivity contribution in [1.29, 1.82) is 0 Å². The van der Waals surface area contributed by atoms with Gasteiger partial charge in [-0.05, 0) is 26.9 Å². The summed E-state index contributed by atoms with van der Waals surface area (Å²) in [5.74, 6) is 0.622. The molecule has 0 aliphatic heterocycles. The van der Waals surface area contributed by atoms with Gasteiger partial charge in [-0.15, -0.1) is 0 Å². The van der Waals surface area contributed by atoms with Crippen molar-refractivity contribution in [3.05, 3.63) is 0 Å². The molecule has 0 aromatic carbocycles. The molecule has 1 atom stereocenters. The van der Waals surface area contributed by atoms with Gasteiger partial charge >= 0.3 is 0 Å². The van der Waals surface area contributed by atoms with Crippen LogP contribution in [0.1, 0.15) is 20.8 Å². The Kier molecular flexibility index (Phi) is 9.74. The normalized spacial score (nSPS) is 13.9. The largest absolute Gasteiger partial charge is 0.389 e. The number of hydrogen-bond donors (Lipinski definition) is 1. The molecule has 0 saturated carbocycles. The molecule has 0 aliphatic rings. The van der Waals surface area contributed by atoms with E-state index in [1.807, 2.05) is 6.92 Å². The van der Waals surface area contributed by atoms with Crippen LogP contribution in [0.25, 0.3) is 0 Å². The summed E-state index contributed by atoms with van der Waals surface area (Å²) in [4.78, 5) is 4.48. The van der Waals surface area contributed by atoms with E-state index < -0.39 is 0 Å². The van der Waals surface area contributed by atoms with Gasteiger partial charge in [0.1, 0.15) is 0 Å². The highest BCUT2D eigenvalue weighted by molar-refractivity contribution is 4.67. The minimum Gasteiger partial charge on any atom is -0.389 e. The third kappa shape index (κ3) is 10.7. The summed E-state index contributed by atoms with van der Waals surface area (Å²) >= 11 is 0. The lowest BCUT2D eigenvalue weighted by Crippen LogP contribution is -2.40. The molecule has 1 N–H and O–H groups in total. The number of aliphatic hydroxyl groups excluding tert-OH is 1. The average molecular weight is 246 g/mol. The fourth-order valence-corrected chi connectivity index (χ4v) is 1.72. The molecule has 0 spiro atoms. The van der Waals surface area contributed by atoms with Crippen molar-refractivity contribution in [3.8, 4) is 0 Å². The Bertz CT molecular complexity index is 175. The first kappa shape index (κ1) is 16.8. The molecule has 0 radical (unpaired) electrons. The zero-order valence-electron chi connectivity index (χ0n) is 12.1. The van der Waals surface area contributed by atoms with Gasteiger partial charge in [0.05, 0.1) is 12.7 Å². The van der Waals surface area contributed by atoms with Gasteiger partial charge in [-0.3, -0.25) is 4.90 Å². The molecule has 0 aromatic heterocycles. The highest BCUT2D eigenvalue weighted by Crippen LogP contribution is 2.01. The van der Waals surface area contributed by atoms with Crippen molar-refractivity contribution in [1.82, 2.24) is 9.80 Å². The SMILES string of the molecule is CCOCC(O)CN(CCN(C)C)CC(C)C. The molecule has 4 heteroatoms. The van der Waals surface area contributed by atoms with Gasteiger partial charge in [-0.2, -0.15) is 0 Å². The van der Waals surface area contributed by atoms with Crippen LogP contribution in [0.5, 0.6) is 0 Å². The van der Waals surface area contributed by atoms with Gasteiger partial charge in [-0.1, -0.05) is 13.8 Å². The Labute approximate surface area is 107 Å². The van der Waals surface area contributed by atoms with Crippen LogP contribution in [-0.2, 0) is 4.74 Å². The van der Waals surface area contributed by atoms with E-state index in [4.69, 9.17) is 4.74 Å². The van der Waals surface area contributed by atoms with E-state index in [1.54, 1.807) is 0 Å². The summed E-state index contributed by atoms with van der Waals surface area (Å²) in [6.07, 6.45) is -0.379. The number of rotatable bonds is 10. The monoisotopic (exact) mass is 246 g/mol. The van der Waals surface area contributed by atoms with E-state index in [0.717, 1.165) is 19.6 Å². The van der Waals surface area contributed by atoms with E-state index >= 15 is 0 Å². The zero-order valence-corrected chi connectivity index (χ0v) is 12.1. The lowest BCUT2D eigenvalue weighted by molar-refractivity contribution is 0.0181. The molecule has 104 valence electrons. The smallest absolute Gasteiger partial charge is 0.0900 e. The second kappa shape index (κ2) is 9.83. The van der Waals surface area contributed by atoms with E-state index in [-0.39, 0.29) is 6.10 Å². The lowest BCUT2D eigenvalue weighted by Gasteiger charge is -2.27. The van der Waals surface area contributed by atoms with Gasteiger partial charge in [0, 0.05) is 32.8 Å². The van der Waals surface area contributed by atoms with Gasteiger partial charge in [0.25, 0.3) is 0 Å². The summed E-state index contributed by atoms with van der Waals surface area (Å²) in [6.45, 7) is 11.2. The van der Waals surface area contributed by atoms with Crippen LogP contribution in [-0.4, -0.2) is 74.5 Å². The van der Waals surface area contributed by atoms with Gasteiger partial charge in [-0.25, -0.2) is 0 Å². The van der Waals surface area contributed by atoms with Gasteiger partial charge in [0.2, 0.25) is 0 Å². The number of hydrogen-bond acceptors (Lipinski definition) is 4. The molecule has 0 saturated heterocycles. The first-order valence-corrected chi connectivity index (χ1v) is 6.58. The maximum Gasteiger partial charge on any atom is 0.0900 e. The maximum absolute atomic E-state index is 9.85. The molecule has 0 aliphatic carbocycles. The number of likely N-dealkylation sites (N-methyl/N-ethyl adjacent to an activating group) is 1. The fourth-order valence-electron chi connectivity index (χ4n) is 1.72. The number of ether oxygens (including phenoxy) is 1. The van der Waals surface area contributed by atoms with Crippen LogP contribution >= 0.6 is 0 Å². The van der Waals surface area contributed by atoms with Crippen LogP contribution in [0.4, 0.5) is 0 Å². The molecular weight excluding hydrogens is 216 g/mol. The quantitative estimate of drug-likeness (QED) is 0.621. The summed E-state index contributed by atoms with van der Waals surface area (Å²) in [5.41, 5.74) is 0. The van der Waals surface area contributed by atoms with Gasteiger partial charge in [0.15, 0.2) is 0 Å². The summed E-state index contributed by atoms with van der Waals surface area (Å²) in [6, 6.07) is 0. The number of aliphatic hydroxyl groups is 1. The summed E-state index contributed by atoms with van der Waals surface area (Å²) in [7, 11) is 4.15. The van der Waals surface area contributed by atoms with E-state index in [1.165, 1.54) is 0 Å². The molecular formula is C13H30N2O2. The van der Waals surface area contributed by atoms with Crippen LogP contribution in [0.15, 0.2) is 0 Å². The molecule has 1 unspecified atom stereocenters. The molecule has 0 aromatic rings. The third-order valence-corrected chi connectivity index (χ3v) is 2.47. The minimum absolute atomic E-state index is 0.379. The Morgan fingerprint density at radius 2 is 1.76 bits per heavy atom. The minimum atomic E-state index is -0.379. The highest BCUT2D eigenvalue weighted by atomic mass is 16.5. The molecule has 0 rings (SSSR count). The Morgan fingerprint density at radius 3 is 2.24 bits per heavy atom. The first-order valence-electron chi connectivity index (χ1n) is 6.58. The molecule has 17 heavy (non-hydrogen) atoms. The highest BCUT2D eigenvalue weighted by Gasteiger charge is 2.13. The first-order chi connectivity index (χ1) is 7.95. The van der Waals surface area contributed by atoms with Crippen molar-refractivity contribution in [2.24, 2.45) is 5.92 Å². The van der Waals surface area contributed by atoms with Crippen LogP contribution < -0.4 is 0 Å². The molecule has 0 amide bonds. The standard InChI is InChI=1S/C13H30N2O2/c1-6-17-11-13(16)10-15(9-12(2)3)8-7-14(4)5/h12-13,16H,6-11H2,1-5H3. The Balaban J connectivity index is 3.98. The van der Waals surface area contributed by atoms with Crippen molar-refractivity contribution in [2.45, 2.75) is 26.9 Å². The maximum atomic E-state index is 9.85. The second-order valence-electron chi connectivity index (χ2n) is 5.27. The Morgan fingerprint density at radius 1 is 1.12 bits per heavy atom. The third-order valence-electron chi connectivity index (χ3n) is 2.47. The molecule has 4 nitrogen and oxygen atoms in total. The molecule has 0 heterocycles. The predicted octanol–water partition coefficient (Wildman–Crippen LogP) is 0.903. The van der Waals surface area contributed by atoms with Crippen molar-refractivity contribution >= 4 is 0 Å². The Hall–Kier alpha value is -0.160. The van der Waals surface area contributed by atoms with Crippen LogP contribution in [0.3, 0.4) is 0 Å². The fraction of sp³-hybridized carbons (Fsp3) is 1.00. The van der Waals surface area contributed by atoms with E-state index in [9.17, 15) is 5.11 Å². The predicted molar refractivity (Wildman–Crippen MR) is 72.3 cm³/mol. The summed E-state index contributed by atoms with van der Waals surface area (Å²) in [5, 5.41) is 9.85. The van der Waals surface area contributed by atoms with E-state index in [2.05, 4.69) is 37.7 Å². The molecule has 0 bridgehead atoms. The topological polar surface area (TPSA) is 35.9 Å². The average Bonchev–Trinajstić information content (AvgIpc) is 2.22. The lowest BCUT2D eigenvalue weighted by atomic mass is 10.2. The second-order valence-corrected chi connectivity index (χ2v) is 5.27. The number of nitrogens with zero attached hydrogens (tertiary/aromatic N) is 2. The van der Waals surface area contributed by atoms with Gasteiger partial charge < -0.3 is 14.7 Å². The van der Waals surface area contributed by atoms with Crippen LogP contribution in [0, 0.1) is 5.92 Å². The van der Waals surface area contributed by atoms with Crippen LogP contribution in [0.2, 0.25) is 0 Å². The summed E-state index contributed by atoms with van der Waals surface area (Å²) < 4.78 is 5.24. The molecule has 0 fully saturated rings. The van der Waals surface area contributed by atoms with Crippen molar-refractivity contribution in [2.75, 3.05) is 53.5 Å². The van der Waals surface area contributed by atoms with E-state index in [0.29, 0.717) is 25.7 Å². The van der Waals surface area contributed by atoms with Crippen molar-refractivity contribution < 1.29 is 9.84 Å². The zero-order chi connectivity index (χ0) is 13.3.